The van der Waals surface area contributed by atoms with E-state index in [-0.39, 0.29) is 28.9 Å². The summed E-state index contributed by atoms with van der Waals surface area (Å²) in [7, 11) is 4.58. The minimum absolute atomic E-state index is 0.0124. The molecule has 0 N–H and O–H groups in total. The van der Waals surface area contributed by atoms with Crippen LogP contribution in [-0.4, -0.2) is 36.5 Å². The number of rotatable bonds is 4. The highest BCUT2D eigenvalue weighted by Gasteiger charge is 2.21. The number of aromatic nitrogens is 4. The van der Waals surface area contributed by atoms with Crippen LogP contribution in [0.15, 0.2) is 27.8 Å². The van der Waals surface area contributed by atoms with E-state index in [1.54, 1.807) is 11.9 Å². The Labute approximate surface area is 166 Å². The first kappa shape index (κ1) is 19.9. The molecule has 0 aliphatic carbocycles. The molecule has 0 saturated carbocycles. The normalized spacial score (nSPS) is 11.2. The lowest BCUT2D eigenvalue weighted by atomic mass is 10.1. The fraction of sp³-hybridized carbons (Fsp3) is 0.368. The largest absolute Gasteiger partial charge is 0.340 e. The lowest BCUT2D eigenvalue weighted by Gasteiger charge is -2.19. The zero-order chi connectivity index (χ0) is 20.7. The molecule has 0 spiro atoms. The van der Waals surface area contributed by atoms with Gasteiger partial charge in [0.25, 0.3) is 5.56 Å². The number of aryl methyl sites for hydroxylation is 3. The summed E-state index contributed by atoms with van der Waals surface area (Å²) < 4.78 is 3.56. The van der Waals surface area contributed by atoms with Crippen LogP contribution in [0.3, 0.4) is 0 Å². The third-order valence-corrected chi connectivity index (χ3v) is 5.21. The van der Waals surface area contributed by atoms with Gasteiger partial charge < -0.3 is 4.90 Å². The predicted molar refractivity (Wildman–Crippen MR) is 108 cm³/mol. The van der Waals surface area contributed by atoms with E-state index in [1.807, 2.05) is 26.0 Å². The minimum Gasteiger partial charge on any atom is -0.340 e. The number of fused-ring (bicyclic) bond motifs is 1. The lowest BCUT2D eigenvalue weighted by molar-refractivity contribution is -0.131. The Hall–Kier alpha value is -2.87. The molecule has 148 valence electrons. The molecule has 1 aromatic carbocycles. The number of imidazole rings is 1. The van der Waals surface area contributed by atoms with Crippen LogP contribution in [0.2, 0.25) is 5.28 Å². The van der Waals surface area contributed by atoms with Gasteiger partial charge in [0.1, 0.15) is 6.54 Å². The number of hydrogen-bond donors (Lipinski definition) is 0. The average Bonchev–Trinajstić information content (AvgIpc) is 2.97. The molecule has 1 amide bonds. The summed E-state index contributed by atoms with van der Waals surface area (Å²) in [6.45, 7) is 4.31. The van der Waals surface area contributed by atoms with Crippen molar-refractivity contribution >= 4 is 28.7 Å². The summed E-state index contributed by atoms with van der Waals surface area (Å²) in [4.78, 5) is 43.1. The van der Waals surface area contributed by atoms with Crippen LogP contribution in [0.4, 0.5) is 0 Å². The second kappa shape index (κ2) is 7.27. The first-order valence-corrected chi connectivity index (χ1v) is 9.11. The summed E-state index contributed by atoms with van der Waals surface area (Å²) >= 11 is 6.19. The van der Waals surface area contributed by atoms with E-state index >= 15 is 0 Å². The molecule has 0 fully saturated rings. The maximum Gasteiger partial charge on any atom is 0.332 e. The number of hydrogen-bond acceptors (Lipinski definition) is 4. The monoisotopic (exact) mass is 403 g/mol. The molecular formula is C19H22ClN5O3. The van der Waals surface area contributed by atoms with Crippen molar-refractivity contribution in [3.63, 3.8) is 0 Å². The topological polar surface area (TPSA) is 82.1 Å². The number of halogens is 1. The smallest absolute Gasteiger partial charge is 0.332 e. The molecule has 2 aromatic heterocycles. The molecule has 3 aromatic rings. The fourth-order valence-electron chi connectivity index (χ4n) is 3.19. The molecule has 0 bridgehead atoms. The van der Waals surface area contributed by atoms with Crippen molar-refractivity contribution in [2.75, 3.05) is 7.05 Å². The quantitative estimate of drug-likeness (QED) is 0.616. The Morgan fingerprint density at radius 1 is 1.18 bits per heavy atom. The molecule has 0 radical (unpaired) electrons. The summed E-state index contributed by atoms with van der Waals surface area (Å²) in [5, 5.41) is -0.0124. The van der Waals surface area contributed by atoms with E-state index in [1.165, 1.54) is 23.2 Å². The molecule has 28 heavy (non-hydrogen) atoms. The van der Waals surface area contributed by atoms with Crippen molar-refractivity contribution in [2.45, 2.75) is 26.9 Å². The standard InChI is InChI=1S/C19H22ClN5O3/c1-11-6-7-13(12(2)8-11)9-22(3)14(26)10-25-15-16(21-18(25)20)23(4)19(28)24(5)17(15)27/h6-8H,9-10H2,1-5H3. The number of amides is 1. The SMILES string of the molecule is Cc1ccc(CN(C)C(=O)Cn2c(Cl)nc3c2c(=O)n(C)c(=O)n3C)c(C)c1. The van der Waals surface area contributed by atoms with Gasteiger partial charge in [0.05, 0.1) is 0 Å². The van der Waals surface area contributed by atoms with Crippen LogP contribution >= 0.6 is 11.6 Å². The van der Waals surface area contributed by atoms with Crippen LogP contribution in [-0.2, 0) is 32.0 Å². The highest BCUT2D eigenvalue weighted by atomic mass is 35.5. The zero-order valence-corrected chi connectivity index (χ0v) is 17.2. The third-order valence-electron chi connectivity index (χ3n) is 4.93. The van der Waals surface area contributed by atoms with E-state index in [2.05, 4.69) is 11.1 Å². The first-order valence-electron chi connectivity index (χ1n) is 8.73. The predicted octanol–water partition coefficient (Wildman–Crippen LogP) is 1.36. The van der Waals surface area contributed by atoms with Crippen molar-refractivity contribution in [1.29, 1.82) is 0 Å². The molecule has 0 unspecified atom stereocenters. The van der Waals surface area contributed by atoms with Gasteiger partial charge in [-0.1, -0.05) is 23.8 Å². The van der Waals surface area contributed by atoms with Crippen LogP contribution in [0.1, 0.15) is 16.7 Å². The zero-order valence-electron chi connectivity index (χ0n) is 16.5. The van der Waals surface area contributed by atoms with E-state index in [0.717, 1.165) is 21.3 Å². The Kier molecular flexibility index (Phi) is 5.16. The number of carbonyl (C=O) groups is 1. The van der Waals surface area contributed by atoms with Crippen molar-refractivity contribution in [1.82, 2.24) is 23.6 Å². The molecule has 9 heteroatoms. The van der Waals surface area contributed by atoms with Crippen LogP contribution in [0, 0.1) is 13.8 Å². The van der Waals surface area contributed by atoms with Gasteiger partial charge in [0.15, 0.2) is 11.2 Å². The van der Waals surface area contributed by atoms with Gasteiger partial charge >= 0.3 is 5.69 Å². The molecule has 8 nitrogen and oxygen atoms in total. The average molecular weight is 404 g/mol. The Morgan fingerprint density at radius 2 is 1.86 bits per heavy atom. The summed E-state index contributed by atoms with van der Waals surface area (Å²) in [5.41, 5.74) is 2.55. The van der Waals surface area contributed by atoms with Crippen molar-refractivity contribution in [2.24, 2.45) is 14.1 Å². The second-order valence-corrected chi connectivity index (χ2v) is 7.36. The number of likely N-dealkylation sites (N-methyl/N-ethyl adjacent to an activating group) is 1. The molecule has 2 heterocycles. The van der Waals surface area contributed by atoms with E-state index in [4.69, 9.17) is 11.6 Å². The van der Waals surface area contributed by atoms with Crippen LogP contribution in [0.5, 0.6) is 0 Å². The van der Waals surface area contributed by atoms with Gasteiger partial charge in [0, 0.05) is 27.7 Å². The molecular weight excluding hydrogens is 382 g/mol. The highest BCUT2D eigenvalue weighted by Crippen LogP contribution is 2.17. The summed E-state index contributed by atoms with van der Waals surface area (Å²) in [6.07, 6.45) is 0. The molecule has 3 rings (SSSR count). The van der Waals surface area contributed by atoms with Crippen LogP contribution < -0.4 is 11.2 Å². The lowest BCUT2D eigenvalue weighted by Crippen LogP contribution is -2.38. The van der Waals surface area contributed by atoms with Gasteiger partial charge in [-0.2, -0.15) is 4.98 Å². The molecule has 0 aliphatic heterocycles. The van der Waals surface area contributed by atoms with Gasteiger partial charge in [-0.15, -0.1) is 0 Å². The molecule has 0 saturated heterocycles. The number of carbonyl (C=O) groups excluding carboxylic acids is 1. The Balaban J connectivity index is 1.94. The number of benzene rings is 1. The Bertz CT molecular complexity index is 1200. The molecule has 0 atom stereocenters. The second-order valence-electron chi connectivity index (χ2n) is 7.02. The van der Waals surface area contributed by atoms with Crippen LogP contribution in [0.25, 0.3) is 11.2 Å². The fourth-order valence-corrected chi connectivity index (χ4v) is 3.41. The van der Waals surface area contributed by atoms with Gasteiger partial charge in [-0.25, -0.2) is 4.79 Å². The third kappa shape index (κ3) is 3.35. The van der Waals surface area contributed by atoms with Crippen molar-refractivity contribution in [3.05, 3.63) is 61.0 Å². The summed E-state index contributed by atoms with van der Waals surface area (Å²) in [6, 6.07) is 6.07. The van der Waals surface area contributed by atoms with Gasteiger partial charge in [0.2, 0.25) is 11.2 Å². The minimum atomic E-state index is -0.540. The van der Waals surface area contributed by atoms with Gasteiger partial charge in [-0.3, -0.25) is 23.3 Å². The van der Waals surface area contributed by atoms with Crippen molar-refractivity contribution < 1.29 is 4.79 Å². The Morgan fingerprint density at radius 3 is 2.50 bits per heavy atom. The van der Waals surface area contributed by atoms with E-state index in [9.17, 15) is 14.4 Å². The molecule has 0 aliphatic rings. The van der Waals surface area contributed by atoms with E-state index < -0.39 is 11.2 Å². The summed E-state index contributed by atoms with van der Waals surface area (Å²) in [5.74, 6) is -0.225. The van der Waals surface area contributed by atoms with Crippen molar-refractivity contribution in [3.8, 4) is 0 Å². The van der Waals surface area contributed by atoms with Gasteiger partial charge in [-0.05, 0) is 36.6 Å². The van der Waals surface area contributed by atoms with E-state index in [0.29, 0.717) is 6.54 Å². The highest BCUT2D eigenvalue weighted by molar-refractivity contribution is 6.29. The maximum atomic E-state index is 12.8. The first-order chi connectivity index (χ1) is 13.1. The maximum absolute atomic E-state index is 12.8. The number of nitrogens with zero attached hydrogens (tertiary/aromatic N) is 5.